The Hall–Kier alpha value is -2.60. The van der Waals surface area contributed by atoms with E-state index in [9.17, 15) is 4.79 Å². The zero-order valence-electron chi connectivity index (χ0n) is 15.0. The highest BCUT2D eigenvalue weighted by molar-refractivity contribution is 8.00. The number of aryl methyl sites for hydroxylation is 1. The number of thioether (sulfide) groups is 1. The SMILES string of the molecule is Cc1ccc(-c2noc(CN(C)C(=O)C(C)Sc3ccccc3)n2)cc1. The Kier molecular flexibility index (Phi) is 5.73. The van der Waals surface area contributed by atoms with Crippen LogP contribution in [0.1, 0.15) is 18.4 Å². The molecule has 1 heterocycles. The van der Waals surface area contributed by atoms with E-state index in [0.717, 1.165) is 10.5 Å². The molecular weight excluding hydrogens is 346 g/mol. The highest BCUT2D eigenvalue weighted by Gasteiger charge is 2.21. The lowest BCUT2D eigenvalue weighted by Crippen LogP contribution is -2.32. The van der Waals surface area contributed by atoms with Crippen LogP contribution in [0.3, 0.4) is 0 Å². The Morgan fingerprint density at radius 1 is 1.15 bits per heavy atom. The molecule has 6 heteroatoms. The highest BCUT2D eigenvalue weighted by Crippen LogP contribution is 2.24. The van der Waals surface area contributed by atoms with E-state index < -0.39 is 0 Å². The quantitative estimate of drug-likeness (QED) is 0.612. The molecule has 0 saturated heterocycles. The Labute approximate surface area is 157 Å². The lowest BCUT2D eigenvalue weighted by Gasteiger charge is -2.19. The predicted octanol–water partition coefficient (Wildman–Crippen LogP) is 4.18. The molecule has 0 aliphatic heterocycles. The first-order chi connectivity index (χ1) is 12.5. The van der Waals surface area contributed by atoms with Crippen molar-refractivity contribution in [3.05, 3.63) is 66.1 Å². The summed E-state index contributed by atoms with van der Waals surface area (Å²) < 4.78 is 5.31. The van der Waals surface area contributed by atoms with Gasteiger partial charge in [-0.2, -0.15) is 4.98 Å². The maximum absolute atomic E-state index is 12.6. The van der Waals surface area contributed by atoms with Gasteiger partial charge in [0, 0.05) is 17.5 Å². The summed E-state index contributed by atoms with van der Waals surface area (Å²) in [6.07, 6.45) is 0. The minimum atomic E-state index is -0.193. The Balaban J connectivity index is 1.61. The molecule has 0 aliphatic carbocycles. The second kappa shape index (κ2) is 8.19. The van der Waals surface area contributed by atoms with Crippen LogP contribution in [0.4, 0.5) is 0 Å². The summed E-state index contributed by atoms with van der Waals surface area (Å²) in [4.78, 5) is 19.7. The fourth-order valence-electron chi connectivity index (χ4n) is 2.48. The Morgan fingerprint density at radius 2 is 1.85 bits per heavy atom. The van der Waals surface area contributed by atoms with Crippen LogP contribution in [0.2, 0.25) is 0 Å². The third-order valence-corrected chi connectivity index (χ3v) is 5.03. The van der Waals surface area contributed by atoms with E-state index in [1.54, 1.807) is 11.9 Å². The summed E-state index contributed by atoms with van der Waals surface area (Å²) in [7, 11) is 1.75. The number of hydrogen-bond acceptors (Lipinski definition) is 5. The molecule has 1 unspecified atom stereocenters. The molecule has 3 aromatic rings. The van der Waals surface area contributed by atoms with Crippen LogP contribution < -0.4 is 0 Å². The van der Waals surface area contributed by atoms with Crippen molar-refractivity contribution in [1.82, 2.24) is 15.0 Å². The number of nitrogens with zero attached hydrogens (tertiary/aromatic N) is 3. The minimum Gasteiger partial charge on any atom is -0.337 e. The van der Waals surface area contributed by atoms with Crippen molar-refractivity contribution in [1.29, 1.82) is 0 Å². The first kappa shape index (κ1) is 18.2. The van der Waals surface area contributed by atoms with Crippen molar-refractivity contribution in [3.8, 4) is 11.4 Å². The first-order valence-corrected chi connectivity index (χ1v) is 9.27. The first-order valence-electron chi connectivity index (χ1n) is 8.39. The molecule has 26 heavy (non-hydrogen) atoms. The summed E-state index contributed by atoms with van der Waals surface area (Å²) in [6, 6.07) is 17.8. The number of carbonyl (C=O) groups excluding carboxylic acids is 1. The van der Waals surface area contributed by atoms with Gasteiger partial charge in [0.15, 0.2) is 0 Å². The lowest BCUT2D eigenvalue weighted by atomic mass is 10.1. The van der Waals surface area contributed by atoms with Gasteiger partial charge >= 0.3 is 0 Å². The fraction of sp³-hybridized carbons (Fsp3) is 0.250. The van der Waals surface area contributed by atoms with Gasteiger partial charge < -0.3 is 9.42 Å². The molecule has 3 rings (SSSR count). The Morgan fingerprint density at radius 3 is 2.54 bits per heavy atom. The largest absolute Gasteiger partial charge is 0.337 e. The third-order valence-electron chi connectivity index (χ3n) is 3.93. The van der Waals surface area contributed by atoms with Gasteiger partial charge in [0.25, 0.3) is 0 Å². The standard InChI is InChI=1S/C20H21N3O2S/c1-14-9-11-16(12-10-14)19-21-18(25-22-19)13-23(3)20(24)15(2)26-17-7-5-4-6-8-17/h4-12,15H,13H2,1-3H3. The van der Waals surface area contributed by atoms with Crippen LogP contribution in [0.15, 0.2) is 64.0 Å². The molecule has 5 nitrogen and oxygen atoms in total. The van der Waals surface area contributed by atoms with Gasteiger partial charge in [-0.05, 0) is 26.0 Å². The van der Waals surface area contributed by atoms with E-state index in [-0.39, 0.29) is 17.7 Å². The van der Waals surface area contributed by atoms with Crippen LogP contribution in [-0.2, 0) is 11.3 Å². The van der Waals surface area contributed by atoms with Gasteiger partial charge in [-0.3, -0.25) is 4.79 Å². The second-order valence-corrected chi connectivity index (χ2v) is 7.56. The van der Waals surface area contributed by atoms with Gasteiger partial charge in [-0.25, -0.2) is 0 Å². The van der Waals surface area contributed by atoms with Gasteiger partial charge in [0.05, 0.1) is 11.8 Å². The normalized spacial score (nSPS) is 12.0. The van der Waals surface area contributed by atoms with Crippen molar-refractivity contribution in [2.24, 2.45) is 0 Å². The van der Waals surface area contributed by atoms with E-state index >= 15 is 0 Å². The van der Waals surface area contributed by atoms with Crippen molar-refractivity contribution < 1.29 is 9.32 Å². The van der Waals surface area contributed by atoms with E-state index in [4.69, 9.17) is 4.52 Å². The minimum absolute atomic E-state index is 0.0222. The van der Waals surface area contributed by atoms with Crippen molar-refractivity contribution in [2.75, 3.05) is 7.05 Å². The molecule has 0 bridgehead atoms. The molecule has 1 amide bonds. The van der Waals surface area contributed by atoms with Crippen LogP contribution in [0, 0.1) is 6.92 Å². The van der Waals surface area contributed by atoms with Crippen LogP contribution in [0.5, 0.6) is 0 Å². The summed E-state index contributed by atoms with van der Waals surface area (Å²) >= 11 is 1.54. The van der Waals surface area contributed by atoms with Crippen LogP contribution in [-0.4, -0.2) is 33.2 Å². The molecule has 0 aliphatic rings. The Bertz CT molecular complexity index is 862. The highest BCUT2D eigenvalue weighted by atomic mass is 32.2. The second-order valence-electron chi connectivity index (χ2n) is 6.15. The smallest absolute Gasteiger partial charge is 0.246 e. The summed E-state index contributed by atoms with van der Waals surface area (Å²) in [5, 5.41) is 3.82. The average Bonchev–Trinajstić information content (AvgIpc) is 3.11. The molecule has 134 valence electrons. The zero-order valence-corrected chi connectivity index (χ0v) is 15.9. The van der Waals surface area contributed by atoms with Crippen molar-refractivity contribution in [2.45, 2.75) is 30.5 Å². The molecule has 0 saturated carbocycles. The number of carbonyl (C=O) groups is 1. The number of rotatable bonds is 6. The van der Waals surface area contributed by atoms with E-state index in [1.807, 2.05) is 68.4 Å². The predicted molar refractivity (Wildman–Crippen MR) is 103 cm³/mol. The van der Waals surface area contributed by atoms with Gasteiger partial charge in [0.1, 0.15) is 0 Å². The average molecular weight is 367 g/mol. The molecule has 1 aromatic heterocycles. The van der Waals surface area contributed by atoms with E-state index in [0.29, 0.717) is 11.7 Å². The van der Waals surface area contributed by atoms with E-state index in [2.05, 4.69) is 10.1 Å². The lowest BCUT2D eigenvalue weighted by molar-refractivity contribution is -0.129. The maximum Gasteiger partial charge on any atom is 0.246 e. The number of benzene rings is 2. The summed E-state index contributed by atoms with van der Waals surface area (Å²) in [5.41, 5.74) is 2.07. The topological polar surface area (TPSA) is 59.2 Å². The number of hydrogen-bond donors (Lipinski definition) is 0. The number of amides is 1. The molecular formula is C20H21N3O2S. The van der Waals surface area contributed by atoms with E-state index in [1.165, 1.54) is 17.3 Å². The maximum atomic E-state index is 12.6. The summed E-state index contributed by atoms with van der Waals surface area (Å²) in [5.74, 6) is 0.981. The molecule has 0 spiro atoms. The molecule has 0 N–H and O–H groups in total. The van der Waals surface area contributed by atoms with Gasteiger partial charge in [-0.15, -0.1) is 11.8 Å². The monoisotopic (exact) mass is 367 g/mol. The van der Waals surface area contributed by atoms with Crippen LogP contribution in [0.25, 0.3) is 11.4 Å². The molecule has 0 radical (unpaired) electrons. The van der Waals surface area contributed by atoms with Gasteiger partial charge in [-0.1, -0.05) is 53.2 Å². The summed E-state index contributed by atoms with van der Waals surface area (Å²) in [6.45, 7) is 4.22. The van der Waals surface area contributed by atoms with Gasteiger partial charge in [0.2, 0.25) is 17.6 Å². The zero-order chi connectivity index (χ0) is 18.5. The molecule has 0 fully saturated rings. The molecule has 1 atom stereocenters. The van der Waals surface area contributed by atoms with Crippen molar-refractivity contribution >= 4 is 17.7 Å². The third kappa shape index (κ3) is 4.52. The fourth-order valence-corrected chi connectivity index (χ4v) is 3.49. The van der Waals surface area contributed by atoms with Crippen molar-refractivity contribution in [3.63, 3.8) is 0 Å². The van der Waals surface area contributed by atoms with Crippen LogP contribution >= 0.6 is 11.8 Å². The molecule has 2 aromatic carbocycles. The number of aromatic nitrogens is 2.